The van der Waals surface area contributed by atoms with E-state index in [4.69, 9.17) is 0 Å². The molecular weight excluding hydrogens is 90.0 g/mol. The third-order valence-electron chi connectivity index (χ3n) is 0. The van der Waals surface area contributed by atoms with E-state index in [0.29, 0.717) is 0 Å². The van der Waals surface area contributed by atoms with Crippen molar-refractivity contribution in [3.8, 4) is 0 Å². The summed E-state index contributed by atoms with van der Waals surface area (Å²) in [5.41, 5.74) is 0. The Hall–Kier alpha value is 0.780. The van der Waals surface area contributed by atoms with Gasteiger partial charge in [0, 0.05) is 12.3 Å². The number of hydrogen-bond donors (Lipinski definition) is 0. The highest BCUT2D eigenvalue weighted by molar-refractivity contribution is 6.92. The van der Waals surface area contributed by atoms with E-state index in [1.807, 2.05) is 0 Å². The van der Waals surface area contributed by atoms with Gasteiger partial charge in [-0.15, -0.1) is 0 Å². The Morgan fingerprint density at radius 1 is 0.500 bits per heavy atom. The van der Waals surface area contributed by atoms with E-state index in [-0.39, 0.29) is 32.1 Å². The van der Waals surface area contributed by atoms with Crippen molar-refractivity contribution in [3.63, 3.8) is 0 Å². The molecule has 0 spiro atoms. The Labute approximate surface area is 33.1 Å². The fourth-order valence-electron chi connectivity index (χ4n) is 0. The van der Waals surface area contributed by atoms with Crippen LogP contribution in [0.3, 0.4) is 0 Å². The number of hydrogen-bond acceptors (Lipinski definition) is 0. The minimum Gasteiger partial charge on any atom is -0.153 e. The number of rotatable bonds is 0. The lowest BCUT2D eigenvalue weighted by Crippen LogP contribution is -0.482. The van der Waals surface area contributed by atoms with Gasteiger partial charge in [0.15, 0.2) is 0 Å². The lowest BCUT2D eigenvalue weighted by Gasteiger charge is -0.154. The molecular formula is H6N2P2. The maximum absolute atomic E-state index is 0. The van der Waals surface area contributed by atoms with E-state index in [2.05, 4.69) is 0 Å². The van der Waals surface area contributed by atoms with Crippen molar-refractivity contribution in [2.45, 2.75) is 0 Å². The highest BCUT2D eigenvalue weighted by Gasteiger charge is 0.00103. The maximum atomic E-state index is 0. The van der Waals surface area contributed by atoms with Crippen molar-refractivity contribution in [2.75, 3.05) is 0 Å². The van der Waals surface area contributed by atoms with Crippen molar-refractivity contribution in [1.29, 1.82) is 0 Å². The molecule has 0 heterocycles. The molecule has 0 N–H and O–H groups in total. The highest BCUT2D eigenvalue weighted by atomic mass is 31.0. The molecule has 0 fully saturated rings. The molecule has 2 atom stereocenters. The molecule has 0 aromatic carbocycles. The van der Waals surface area contributed by atoms with Gasteiger partial charge in [-0.2, -0.15) is 19.8 Å². The molecule has 0 bridgehead atoms. The van der Waals surface area contributed by atoms with E-state index in [9.17, 15) is 0 Å². The van der Waals surface area contributed by atoms with Crippen LogP contribution in [-0.4, -0.2) is 0 Å². The Kier molecular flexibility index (Phi) is 1350. The Bertz CT molecular complexity index is 4.00. The largest absolute Gasteiger partial charge is 0.153 e. The lowest BCUT2D eigenvalue weighted by molar-refractivity contribution is 2.13. The average molecular weight is 96.0 g/mol. The summed E-state index contributed by atoms with van der Waals surface area (Å²) in [6.45, 7) is 0. The zero-order chi connectivity index (χ0) is 0. The minimum atomic E-state index is 0. The normalized spacial score (nSPS) is 0. The highest BCUT2D eigenvalue weighted by Crippen LogP contribution is 0.862. The standard InChI is InChI=1S/2N.2H3P/h;;2*1H3. The molecule has 4 heteroatoms. The summed E-state index contributed by atoms with van der Waals surface area (Å²) in [6.07, 6.45) is 0. The van der Waals surface area contributed by atoms with Gasteiger partial charge in [0.1, 0.15) is 0 Å². The fourth-order valence-corrected chi connectivity index (χ4v) is 0. The van der Waals surface area contributed by atoms with Crippen LogP contribution in [0.1, 0.15) is 0 Å². The molecule has 0 rings (SSSR count). The second-order valence-electron chi connectivity index (χ2n) is 0. The summed E-state index contributed by atoms with van der Waals surface area (Å²) >= 11 is 0. The van der Waals surface area contributed by atoms with Crippen LogP contribution in [0.4, 0.5) is 0 Å². The van der Waals surface area contributed by atoms with Crippen molar-refractivity contribution < 1.29 is 0 Å². The molecule has 0 saturated heterocycles. The van der Waals surface area contributed by atoms with E-state index in [1.54, 1.807) is 0 Å². The van der Waals surface area contributed by atoms with Gasteiger partial charge in [0.2, 0.25) is 0 Å². The number of nitrogens with zero attached hydrogens (tertiary/aromatic N) is 2. The first-order valence-electron chi connectivity index (χ1n) is 0. The molecule has 0 aromatic heterocycles. The zero-order valence-corrected chi connectivity index (χ0v) is 5.14. The van der Waals surface area contributed by atoms with E-state index >= 15 is 0 Å². The molecule has 6 radical (unpaired) electrons. The molecule has 0 aliphatic carbocycles. The van der Waals surface area contributed by atoms with Crippen LogP contribution in [-0.2, 0) is 0 Å². The molecule has 2 nitrogen and oxygen atoms in total. The Morgan fingerprint density at radius 2 is 0.500 bits per heavy atom. The van der Waals surface area contributed by atoms with E-state index < -0.39 is 0 Å². The first kappa shape index (κ1) is 112. The summed E-state index contributed by atoms with van der Waals surface area (Å²) in [7, 11) is 0. The first-order chi connectivity index (χ1) is 0. The SMILES string of the molecule is P.P.[N].[N]. The van der Waals surface area contributed by atoms with Gasteiger partial charge in [0.25, 0.3) is 0 Å². The van der Waals surface area contributed by atoms with Crippen molar-refractivity contribution in [1.82, 2.24) is 12.3 Å². The molecule has 0 aromatic rings. The molecule has 0 aliphatic rings. The minimum absolute atomic E-state index is 0. The van der Waals surface area contributed by atoms with Crippen LogP contribution in [0, 0.1) is 0 Å². The van der Waals surface area contributed by atoms with Gasteiger partial charge in [-0.1, -0.05) is 0 Å². The van der Waals surface area contributed by atoms with Crippen molar-refractivity contribution in [2.24, 2.45) is 0 Å². The maximum Gasteiger partial charge on any atom is 0 e. The summed E-state index contributed by atoms with van der Waals surface area (Å²) in [5, 5.41) is 0. The predicted molar refractivity (Wildman–Crippen MR) is 26.5 cm³/mol. The van der Waals surface area contributed by atoms with Gasteiger partial charge >= 0.3 is 0 Å². The smallest absolute Gasteiger partial charge is 0 e. The zero-order valence-electron chi connectivity index (χ0n) is 2.31. The topological polar surface area (TPSA) is 61.0 Å². The van der Waals surface area contributed by atoms with Crippen molar-refractivity contribution >= 4 is 19.8 Å². The van der Waals surface area contributed by atoms with Gasteiger partial charge in [0.05, 0.1) is 0 Å². The van der Waals surface area contributed by atoms with Crippen LogP contribution in [0.15, 0.2) is 0 Å². The van der Waals surface area contributed by atoms with Crippen LogP contribution in [0.5, 0.6) is 0 Å². The third kappa shape index (κ3) is 14.5. The van der Waals surface area contributed by atoms with Crippen molar-refractivity contribution in [3.05, 3.63) is 0 Å². The molecule has 2 unspecified atom stereocenters. The molecule has 4 heavy (non-hydrogen) atoms. The molecule has 0 amide bonds. The van der Waals surface area contributed by atoms with E-state index in [1.165, 1.54) is 0 Å². The van der Waals surface area contributed by atoms with E-state index in [0.717, 1.165) is 0 Å². The molecule has 0 saturated carbocycles. The molecule has 0 aliphatic heterocycles. The van der Waals surface area contributed by atoms with Gasteiger partial charge in [-0.3, -0.25) is 0 Å². The lowest BCUT2D eigenvalue weighted by atomic mass is 14.0. The van der Waals surface area contributed by atoms with Crippen LogP contribution >= 0.6 is 19.8 Å². The second-order valence-corrected chi connectivity index (χ2v) is 0. The van der Waals surface area contributed by atoms with Gasteiger partial charge in [-0.25, -0.2) is 0 Å². The third-order valence-corrected chi connectivity index (χ3v) is 0. The summed E-state index contributed by atoms with van der Waals surface area (Å²) in [5.74, 6) is 0. The van der Waals surface area contributed by atoms with Crippen LogP contribution in [0.2, 0.25) is 0 Å². The summed E-state index contributed by atoms with van der Waals surface area (Å²) in [4.78, 5) is 0. The summed E-state index contributed by atoms with van der Waals surface area (Å²) < 4.78 is 0. The second kappa shape index (κ2) is 48.0. The van der Waals surface area contributed by atoms with Crippen LogP contribution < -0.4 is 12.3 Å². The monoisotopic (exact) mass is 96.0 g/mol. The average Bonchev–Trinajstić information content (AvgIpc) is 0. The molecule has 26 valence electrons. The Morgan fingerprint density at radius 3 is 0.500 bits per heavy atom. The fraction of sp³-hybridized carbons (Fsp3) is 0. The van der Waals surface area contributed by atoms with Gasteiger partial charge < -0.3 is 0 Å². The predicted octanol–water partition coefficient (Wildman–Crippen LogP) is -0.845. The van der Waals surface area contributed by atoms with Gasteiger partial charge in [-0.05, 0) is 0 Å². The van der Waals surface area contributed by atoms with Crippen LogP contribution in [0.25, 0.3) is 0 Å². The summed E-state index contributed by atoms with van der Waals surface area (Å²) in [6, 6.07) is 0. The Balaban J connectivity index is 0. The first-order valence-corrected chi connectivity index (χ1v) is 0. The quantitative estimate of drug-likeness (QED) is 0.353.